The van der Waals surface area contributed by atoms with E-state index in [1.54, 1.807) is 5.56 Å². The predicted molar refractivity (Wildman–Crippen MR) is 116 cm³/mol. The second-order valence-corrected chi connectivity index (χ2v) is 8.71. The van der Waals surface area contributed by atoms with E-state index < -0.39 is 0 Å². The number of unbranched alkanes of at least 4 members (excludes halogenated alkanes) is 1. The molecule has 0 amide bonds. The Hall–Kier alpha value is -1.63. The van der Waals surface area contributed by atoms with Gasteiger partial charge in [-0.05, 0) is 62.8 Å². The first-order chi connectivity index (χ1) is 13.0. The first-order valence-electron chi connectivity index (χ1n) is 11.1. The minimum Gasteiger partial charge on any atom is -0.192 e. The van der Waals surface area contributed by atoms with Gasteiger partial charge in [0.1, 0.15) is 0 Å². The zero-order valence-electron chi connectivity index (χ0n) is 18.4. The van der Waals surface area contributed by atoms with Crippen LogP contribution < -0.4 is 4.57 Å². The number of aryl methyl sites for hydroxylation is 2. The SMILES string of the molecule is CCCCc1ccc2c(c1)-c1c(C)ccc[n+]1C(CC)(CCC)C2(C)CC. The van der Waals surface area contributed by atoms with Gasteiger partial charge in [-0.3, -0.25) is 0 Å². The van der Waals surface area contributed by atoms with Crippen LogP contribution in [0, 0.1) is 6.92 Å². The monoisotopic (exact) mass is 364 g/mol. The van der Waals surface area contributed by atoms with Gasteiger partial charge in [-0.15, -0.1) is 0 Å². The van der Waals surface area contributed by atoms with Crippen molar-refractivity contribution in [3.05, 3.63) is 53.2 Å². The fourth-order valence-electron chi connectivity index (χ4n) is 5.70. The van der Waals surface area contributed by atoms with E-state index >= 15 is 0 Å². The normalized spacial score (nSPS) is 23.8. The van der Waals surface area contributed by atoms with Crippen LogP contribution in [0.1, 0.15) is 89.8 Å². The quantitative estimate of drug-likeness (QED) is 0.471. The molecule has 1 heteroatoms. The molecule has 2 atom stereocenters. The second-order valence-electron chi connectivity index (χ2n) is 8.71. The largest absolute Gasteiger partial charge is 0.216 e. The Morgan fingerprint density at radius 2 is 1.74 bits per heavy atom. The highest BCUT2D eigenvalue weighted by molar-refractivity contribution is 5.69. The van der Waals surface area contributed by atoms with Crippen LogP contribution in [0.15, 0.2) is 36.5 Å². The van der Waals surface area contributed by atoms with Crippen molar-refractivity contribution >= 4 is 0 Å². The van der Waals surface area contributed by atoms with Crippen LogP contribution in [0.25, 0.3) is 11.3 Å². The molecule has 2 heterocycles. The zero-order chi connectivity index (χ0) is 19.7. The van der Waals surface area contributed by atoms with Gasteiger partial charge in [0.05, 0.1) is 11.0 Å². The molecule has 1 aliphatic heterocycles. The number of rotatable bonds is 7. The molecule has 1 aromatic carbocycles. The molecule has 0 fully saturated rings. The van der Waals surface area contributed by atoms with Crippen molar-refractivity contribution in [3.8, 4) is 11.3 Å². The summed E-state index contributed by atoms with van der Waals surface area (Å²) in [6.45, 7) is 14.2. The fourth-order valence-corrected chi connectivity index (χ4v) is 5.70. The first-order valence-corrected chi connectivity index (χ1v) is 11.1. The lowest BCUT2D eigenvalue weighted by atomic mass is 9.58. The third kappa shape index (κ3) is 2.94. The molecule has 0 radical (unpaired) electrons. The highest BCUT2D eigenvalue weighted by Gasteiger charge is 2.58. The van der Waals surface area contributed by atoms with Crippen LogP contribution in [0.4, 0.5) is 0 Å². The third-order valence-corrected chi connectivity index (χ3v) is 7.39. The summed E-state index contributed by atoms with van der Waals surface area (Å²) in [6.07, 6.45) is 10.9. The van der Waals surface area contributed by atoms with E-state index in [2.05, 4.69) is 82.6 Å². The Morgan fingerprint density at radius 3 is 2.37 bits per heavy atom. The number of nitrogens with zero attached hydrogens (tertiary/aromatic N) is 1. The van der Waals surface area contributed by atoms with Gasteiger partial charge in [-0.2, -0.15) is 4.57 Å². The number of hydrogen-bond donors (Lipinski definition) is 0. The highest BCUT2D eigenvalue weighted by atomic mass is 15.1. The molecule has 3 rings (SSSR count). The number of fused-ring (bicyclic) bond motifs is 3. The van der Waals surface area contributed by atoms with Crippen LogP contribution >= 0.6 is 0 Å². The van der Waals surface area contributed by atoms with Crippen molar-refractivity contribution in [1.29, 1.82) is 0 Å². The summed E-state index contributed by atoms with van der Waals surface area (Å²) in [7, 11) is 0. The molecule has 0 bridgehead atoms. The number of pyridine rings is 1. The Balaban J connectivity index is 2.34. The van der Waals surface area contributed by atoms with Gasteiger partial charge in [-0.1, -0.05) is 46.2 Å². The molecule has 27 heavy (non-hydrogen) atoms. The van der Waals surface area contributed by atoms with Crippen molar-refractivity contribution in [2.24, 2.45) is 0 Å². The highest BCUT2D eigenvalue weighted by Crippen LogP contribution is 2.52. The van der Waals surface area contributed by atoms with E-state index in [4.69, 9.17) is 0 Å². The summed E-state index contributed by atoms with van der Waals surface area (Å²) in [5, 5.41) is 0. The van der Waals surface area contributed by atoms with E-state index in [0.717, 1.165) is 0 Å². The van der Waals surface area contributed by atoms with E-state index in [1.807, 2.05) is 0 Å². The van der Waals surface area contributed by atoms with Crippen LogP contribution in [0.5, 0.6) is 0 Å². The van der Waals surface area contributed by atoms with Gasteiger partial charge < -0.3 is 0 Å². The molecule has 2 unspecified atom stereocenters. The molecule has 0 spiro atoms. The molecule has 0 N–H and O–H groups in total. The summed E-state index contributed by atoms with van der Waals surface area (Å²) < 4.78 is 2.67. The second kappa shape index (κ2) is 7.78. The molecule has 0 saturated carbocycles. The smallest absolute Gasteiger partial charge is 0.192 e. The van der Waals surface area contributed by atoms with Gasteiger partial charge in [0.25, 0.3) is 0 Å². The lowest BCUT2D eigenvalue weighted by Crippen LogP contribution is -2.69. The van der Waals surface area contributed by atoms with Crippen LogP contribution in [0.2, 0.25) is 0 Å². The maximum absolute atomic E-state index is 2.67. The van der Waals surface area contributed by atoms with Gasteiger partial charge in [0.2, 0.25) is 5.69 Å². The van der Waals surface area contributed by atoms with Gasteiger partial charge in [0, 0.05) is 24.5 Å². The lowest BCUT2D eigenvalue weighted by molar-refractivity contribution is -0.770. The maximum Gasteiger partial charge on any atom is 0.216 e. The zero-order valence-corrected chi connectivity index (χ0v) is 18.4. The molecule has 1 nitrogen and oxygen atoms in total. The minimum atomic E-state index is 0.149. The predicted octanol–water partition coefficient (Wildman–Crippen LogP) is 6.88. The van der Waals surface area contributed by atoms with E-state index in [9.17, 15) is 0 Å². The molecule has 1 aromatic heterocycles. The van der Waals surface area contributed by atoms with Crippen molar-refractivity contribution in [2.75, 3.05) is 0 Å². The molecule has 146 valence electrons. The van der Waals surface area contributed by atoms with Gasteiger partial charge >= 0.3 is 0 Å². The van der Waals surface area contributed by atoms with Crippen LogP contribution in [-0.2, 0) is 17.4 Å². The maximum atomic E-state index is 2.67. The first kappa shape index (κ1) is 20.1. The third-order valence-electron chi connectivity index (χ3n) is 7.39. The van der Waals surface area contributed by atoms with Crippen LogP contribution in [-0.4, -0.2) is 0 Å². The Bertz CT molecular complexity index is 806. The van der Waals surface area contributed by atoms with Crippen molar-refractivity contribution in [2.45, 2.75) is 97.4 Å². The molecule has 1 aliphatic rings. The Kier molecular flexibility index (Phi) is 5.79. The molecular weight excluding hydrogens is 326 g/mol. The van der Waals surface area contributed by atoms with E-state index in [1.165, 1.54) is 67.3 Å². The molecule has 0 aliphatic carbocycles. The van der Waals surface area contributed by atoms with Gasteiger partial charge in [-0.25, -0.2) is 0 Å². The molecule has 0 saturated heterocycles. The molecule has 2 aromatic rings. The summed E-state index contributed by atoms with van der Waals surface area (Å²) in [5.74, 6) is 0. The van der Waals surface area contributed by atoms with Crippen molar-refractivity contribution in [3.63, 3.8) is 0 Å². The standard InChI is InChI=1S/C26H38N/c1-7-11-14-21-15-16-23-22(19-21)24-20(5)13-12-18-27(24)26(10-4,17-8-2)25(23,6)9-3/h12-13,15-16,18-19H,7-11,14,17H2,1-6H3/q+1. The summed E-state index contributed by atoms with van der Waals surface area (Å²) >= 11 is 0. The Morgan fingerprint density at radius 1 is 0.963 bits per heavy atom. The molecular formula is C26H38N+. The van der Waals surface area contributed by atoms with Crippen LogP contribution in [0.3, 0.4) is 0 Å². The average molecular weight is 365 g/mol. The number of aromatic nitrogens is 1. The minimum absolute atomic E-state index is 0.149. The number of hydrogen-bond acceptors (Lipinski definition) is 0. The summed E-state index contributed by atoms with van der Waals surface area (Å²) in [6, 6.07) is 11.9. The lowest BCUT2D eigenvalue weighted by Gasteiger charge is -2.48. The van der Waals surface area contributed by atoms with Crippen molar-refractivity contribution in [1.82, 2.24) is 0 Å². The Labute approximate surface area is 166 Å². The topological polar surface area (TPSA) is 3.88 Å². The average Bonchev–Trinajstić information content (AvgIpc) is 2.69. The van der Waals surface area contributed by atoms with Gasteiger partial charge in [0.15, 0.2) is 11.7 Å². The summed E-state index contributed by atoms with van der Waals surface area (Å²) in [5.41, 5.74) is 7.69. The van der Waals surface area contributed by atoms with E-state index in [-0.39, 0.29) is 11.0 Å². The number of benzene rings is 1. The van der Waals surface area contributed by atoms with Crippen molar-refractivity contribution < 1.29 is 4.57 Å². The van der Waals surface area contributed by atoms with E-state index in [0.29, 0.717) is 0 Å². The fraction of sp³-hybridized carbons (Fsp3) is 0.577. The summed E-state index contributed by atoms with van der Waals surface area (Å²) in [4.78, 5) is 0.